The van der Waals surface area contributed by atoms with Gasteiger partial charge in [0.25, 0.3) is 11.1 Å². The third-order valence-corrected chi connectivity index (χ3v) is 4.02. The van der Waals surface area contributed by atoms with Crippen LogP contribution in [0.4, 0.5) is 0 Å². The molecule has 0 aliphatic carbocycles. The van der Waals surface area contributed by atoms with Crippen LogP contribution in [0.3, 0.4) is 0 Å². The van der Waals surface area contributed by atoms with Gasteiger partial charge in [-0.3, -0.25) is 24.3 Å². The van der Waals surface area contributed by atoms with Crippen LogP contribution in [0.25, 0.3) is 0 Å². The van der Waals surface area contributed by atoms with E-state index in [0.717, 1.165) is 16.8 Å². The molecule has 2 heterocycles. The van der Waals surface area contributed by atoms with Crippen LogP contribution in [-0.4, -0.2) is 44.8 Å². The van der Waals surface area contributed by atoms with Crippen molar-refractivity contribution in [2.75, 3.05) is 13.1 Å². The Balaban J connectivity index is 2.12. The van der Waals surface area contributed by atoms with E-state index >= 15 is 0 Å². The molecule has 21 heavy (non-hydrogen) atoms. The van der Waals surface area contributed by atoms with Crippen LogP contribution >= 0.6 is 0 Å². The zero-order valence-corrected chi connectivity index (χ0v) is 11.7. The van der Waals surface area contributed by atoms with E-state index < -0.39 is 22.5 Å². The summed E-state index contributed by atoms with van der Waals surface area (Å²) in [6.07, 6.45) is 0.832. The van der Waals surface area contributed by atoms with Gasteiger partial charge in [-0.15, -0.1) is 0 Å². The van der Waals surface area contributed by atoms with Gasteiger partial charge in [0.15, 0.2) is 0 Å². The first-order chi connectivity index (χ1) is 9.88. The molecule has 0 saturated carbocycles. The number of carbonyl (C=O) groups is 2. The van der Waals surface area contributed by atoms with Crippen molar-refractivity contribution in [2.24, 2.45) is 5.41 Å². The Bertz CT molecular complexity index is 677. The molecule has 1 amide bonds. The number of carboxylic acid groups (broad SMARTS) is 1. The largest absolute Gasteiger partial charge is 0.481 e. The quantitative estimate of drug-likeness (QED) is 0.759. The summed E-state index contributed by atoms with van der Waals surface area (Å²) in [5.74, 6) is -1.29. The summed E-state index contributed by atoms with van der Waals surface area (Å²) < 4.78 is 0.928. The lowest BCUT2D eigenvalue weighted by Crippen LogP contribution is -2.40. The summed E-state index contributed by atoms with van der Waals surface area (Å²) in [5, 5.41) is 11.6. The van der Waals surface area contributed by atoms with Gasteiger partial charge in [-0.05, 0) is 12.8 Å². The van der Waals surface area contributed by atoms with Gasteiger partial charge >= 0.3 is 5.97 Å². The van der Waals surface area contributed by atoms with E-state index in [-0.39, 0.29) is 19.0 Å². The molecule has 8 heteroatoms. The number of likely N-dealkylation sites (tertiary alicyclic amines) is 1. The molecule has 1 aliphatic heterocycles. The first-order valence-corrected chi connectivity index (χ1v) is 6.69. The molecule has 1 atom stereocenters. The Hall–Kier alpha value is -2.38. The van der Waals surface area contributed by atoms with Crippen molar-refractivity contribution in [2.45, 2.75) is 26.3 Å². The zero-order chi connectivity index (χ0) is 15.6. The van der Waals surface area contributed by atoms with E-state index in [0.29, 0.717) is 19.4 Å². The SMILES string of the molecule is CCC1(C(=O)O)CCN(C(=O)Cn2[nH]c(=O)ccc2=O)C1. The smallest absolute Gasteiger partial charge is 0.311 e. The molecule has 1 aromatic heterocycles. The van der Waals surface area contributed by atoms with Crippen molar-refractivity contribution in [1.29, 1.82) is 0 Å². The molecule has 2 N–H and O–H groups in total. The third kappa shape index (κ3) is 2.88. The minimum Gasteiger partial charge on any atom is -0.481 e. The van der Waals surface area contributed by atoms with Crippen molar-refractivity contribution in [3.63, 3.8) is 0 Å². The molecule has 114 valence electrons. The van der Waals surface area contributed by atoms with Crippen LogP contribution in [0, 0.1) is 5.41 Å². The second-order valence-electron chi connectivity index (χ2n) is 5.24. The Morgan fingerprint density at radius 1 is 1.38 bits per heavy atom. The second kappa shape index (κ2) is 5.55. The number of H-pyrrole nitrogens is 1. The van der Waals surface area contributed by atoms with Crippen LogP contribution in [-0.2, 0) is 16.1 Å². The fraction of sp³-hybridized carbons (Fsp3) is 0.538. The molecule has 0 radical (unpaired) electrons. The number of carbonyl (C=O) groups excluding carboxylic acids is 1. The van der Waals surface area contributed by atoms with Gasteiger partial charge in [0.05, 0.1) is 5.41 Å². The summed E-state index contributed by atoms with van der Waals surface area (Å²) in [5.41, 5.74) is -1.87. The number of aliphatic carboxylic acids is 1. The van der Waals surface area contributed by atoms with Crippen molar-refractivity contribution >= 4 is 11.9 Å². The minimum atomic E-state index is -0.912. The van der Waals surface area contributed by atoms with E-state index in [4.69, 9.17) is 0 Å². The Morgan fingerprint density at radius 2 is 2.10 bits per heavy atom. The summed E-state index contributed by atoms with van der Waals surface area (Å²) in [7, 11) is 0. The molecular formula is C13H17N3O5. The zero-order valence-electron chi connectivity index (χ0n) is 11.7. The predicted molar refractivity (Wildman–Crippen MR) is 72.9 cm³/mol. The van der Waals surface area contributed by atoms with Gasteiger partial charge in [-0.25, -0.2) is 4.68 Å². The summed E-state index contributed by atoms with van der Waals surface area (Å²) in [6, 6.07) is 2.18. The second-order valence-corrected chi connectivity index (χ2v) is 5.24. The molecule has 1 aliphatic rings. The maximum Gasteiger partial charge on any atom is 0.311 e. The van der Waals surface area contributed by atoms with Crippen LogP contribution < -0.4 is 11.1 Å². The van der Waals surface area contributed by atoms with Crippen LogP contribution in [0.15, 0.2) is 21.7 Å². The van der Waals surface area contributed by atoms with E-state index in [1.54, 1.807) is 6.92 Å². The minimum absolute atomic E-state index is 0.128. The van der Waals surface area contributed by atoms with Gasteiger partial charge in [0.1, 0.15) is 6.54 Å². The maximum absolute atomic E-state index is 12.2. The fourth-order valence-corrected chi connectivity index (χ4v) is 2.51. The standard InChI is InChI=1S/C13H17N3O5/c1-2-13(12(20)21)5-6-15(8-13)11(19)7-16-10(18)4-3-9(17)14-16/h3-4H,2,5-8H2,1H3,(H,14,17)(H,20,21). The Kier molecular flexibility index (Phi) is 3.97. The number of aromatic amines is 1. The van der Waals surface area contributed by atoms with E-state index in [1.807, 2.05) is 0 Å². The van der Waals surface area contributed by atoms with Crippen LogP contribution in [0.2, 0.25) is 0 Å². The number of carboxylic acids is 1. The molecule has 0 spiro atoms. The molecule has 1 saturated heterocycles. The van der Waals surface area contributed by atoms with E-state index in [9.17, 15) is 24.3 Å². The monoisotopic (exact) mass is 295 g/mol. The maximum atomic E-state index is 12.2. The molecule has 1 aromatic rings. The van der Waals surface area contributed by atoms with Crippen molar-refractivity contribution < 1.29 is 14.7 Å². The van der Waals surface area contributed by atoms with E-state index in [1.165, 1.54) is 4.90 Å². The molecule has 1 unspecified atom stereocenters. The molecular weight excluding hydrogens is 278 g/mol. The van der Waals surface area contributed by atoms with Gasteiger partial charge in [-0.2, -0.15) is 0 Å². The normalized spacial score (nSPS) is 21.5. The first-order valence-electron chi connectivity index (χ1n) is 6.69. The van der Waals surface area contributed by atoms with Crippen molar-refractivity contribution in [3.05, 3.63) is 32.8 Å². The lowest BCUT2D eigenvalue weighted by atomic mass is 9.84. The van der Waals surface area contributed by atoms with Gasteiger partial charge in [-0.1, -0.05) is 6.92 Å². The molecule has 1 fully saturated rings. The average molecular weight is 295 g/mol. The van der Waals surface area contributed by atoms with Crippen LogP contribution in [0.1, 0.15) is 19.8 Å². The Morgan fingerprint density at radius 3 is 2.67 bits per heavy atom. The van der Waals surface area contributed by atoms with Gasteiger partial charge in [0, 0.05) is 25.2 Å². The average Bonchev–Trinajstić information content (AvgIpc) is 2.89. The highest BCUT2D eigenvalue weighted by Gasteiger charge is 2.44. The summed E-state index contributed by atoms with van der Waals surface area (Å²) >= 11 is 0. The number of hydrogen-bond acceptors (Lipinski definition) is 4. The first kappa shape index (κ1) is 15.0. The Labute approximate surface area is 120 Å². The third-order valence-electron chi connectivity index (χ3n) is 4.02. The lowest BCUT2D eigenvalue weighted by molar-refractivity contribution is -0.148. The molecule has 0 aromatic carbocycles. The van der Waals surface area contributed by atoms with Gasteiger partial charge < -0.3 is 10.0 Å². The van der Waals surface area contributed by atoms with Crippen molar-refractivity contribution in [1.82, 2.24) is 14.7 Å². The molecule has 2 rings (SSSR count). The van der Waals surface area contributed by atoms with Crippen LogP contribution in [0.5, 0.6) is 0 Å². The number of nitrogens with zero attached hydrogens (tertiary/aromatic N) is 2. The summed E-state index contributed by atoms with van der Waals surface area (Å²) in [4.78, 5) is 47.6. The van der Waals surface area contributed by atoms with Crippen molar-refractivity contribution in [3.8, 4) is 0 Å². The highest BCUT2D eigenvalue weighted by atomic mass is 16.4. The number of amides is 1. The topological polar surface area (TPSA) is 112 Å². The number of nitrogens with one attached hydrogen (secondary N) is 1. The highest BCUT2D eigenvalue weighted by molar-refractivity contribution is 5.80. The lowest BCUT2D eigenvalue weighted by Gasteiger charge is -2.23. The predicted octanol–water partition coefficient (Wildman–Crippen LogP) is -0.750. The fourth-order valence-electron chi connectivity index (χ4n) is 2.51. The highest BCUT2D eigenvalue weighted by Crippen LogP contribution is 2.34. The summed E-state index contributed by atoms with van der Waals surface area (Å²) in [6.45, 7) is 1.95. The van der Waals surface area contributed by atoms with E-state index in [2.05, 4.69) is 5.10 Å². The molecule has 0 bridgehead atoms. The van der Waals surface area contributed by atoms with Gasteiger partial charge in [0.2, 0.25) is 5.91 Å². The number of aromatic nitrogens is 2. The molecule has 8 nitrogen and oxygen atoms in total. The number of rotatable bonds is 4. The number of hydrogen-bond donors (Lipinski definition) is 2.